The number of rotatable bonds is 2. The van der Waals surface area contributed by atoms with Gasteiger partial charge < -0.3 is 10.7 Å². The number of hydrogen-bond donors (Lipinski definition) is 2. The zero-order chi connectivity index (χ0) is 13.4. The lowest BCUT2D eigenvalue weighted by Crippen LogP contribution is -2.20. The van der Waals surface area contributed by atoms with Gasteiger partial charge in [0.25, 0.3) is 0 Å². The Bertz CT molecular complexity index is 783. The Labute approximate surface area is 109 Å². The Hall–Kier alpha value is -2.40. The van der Waals surface area contributed by atoms with Crippen molar-refractivity contribution in [1.82, 2.24) is 14.5 Å². The highest BCUT2D eigenvalue weighted by Gasteiger charge is 2.05. The molecule has 0 atom stereocenters. The predicted octanol–water partition coefficient (Wildman–Crippen LogP) is 1.48. The van der Waals surface area contributed by atoms with E-state index >= 15 is 0 Å². The van der Waals surface area contributed by atoms with Crippen LogP contribution in [-0.2, 0) is 6.54 Å². The van der Waals surface area contributed by atoms with Crippen LogP contribution in [0.25, 0.3) is 16.7 Å². The molecule has 0 bridgehead atoms. The molecule has 0 aliphatic rings. The molecule has 0 spiro atoms. The van der Waals surface area contributed by atoms with Crippen LogP contribution in [0.15, 0.2) is 41.3 Å². The zero-order valence-electron chi connectivity index (χ0n) is 10.6. The Balaban J connectivity index is 2.17. The number of hydrogen-bond acceptors (Lipinski definition) is 3. The summed E-state index contributed by atoms with van der Waals surface area (Å²) >= 11 is 0. The lowest BCUT2D eigenvalue weighted by atomic mass is 10.2. The monoisotopic (exact) mass is 254 g/mol. The third-order valence-electron chi connectivity index (χ3n) is 3.09. The number of nitrogens with two attached hydrogens (primary N) is 1. The van der Waals surface area contributed by atoms with Gasteiger partial charge in [0, 0.05) is 23.8 Å². The van der Waals surface area contributed by atoms with E-state index in [1.807, 2.05) is 37.3 Å². The number of aryl methyl sites for hydroxylation is 1. The van der Waals surface area contributed by atoms with Crippen molar-refractivity contribution in [2.24, 2.45) is 5.73 Å². The molecule has 3 N–H and O–H groups in total. The summed E-state index contributed by atoms with van der Waals surface area (Å²) in [7, 11) is 0. The van der Waals surface area contributed by atoms with E-state index in [0.717, 1.165) is 22.3 Å². The number of H-pyrrole nitrogens is 1. The highest BCUT2D eigenvalue weighted by molar-refractivity contribution is 5.75. The number of fused-ring (bicyclic) bond motifs is 1. The predicted molar refractivity (Wildman–Crippen MR) is 74.3 cm³/mol. The van der Waals surface area contributed by atoms with Crippen LogP contribution >= 0.6 is 0 Å². The molecule has 0 aliphatic heterocycles. The van der Waals surface area contributed by atoms with Crippen molar-refractivity contribution in [3.05, 3.63) is 58.3 Å². The second-order valence-corrected chi connectivity index (χ2v) is 4.52. The minimum Gasteiger partial charge on any atom is -0.343 e. The fourth-order valence-corrected chi connectivity index (χ4v) is 2.11. The van der Waals surface area contributed by atoms with Crippen LogP contribution in [0.4, 0.5) is 0 Å². The molecule has 96 valence electrons. The van der Waals surface area contributed by atoms with Crippen molar-refractivity contribution in [1.29, 1.82) is 0 Å². The van der Waals surface area contributed by atoms with Gasteiger partial charge in [0.15, 0.2) is 0 Å². The maximum absolute atomic E-state index is 12.0. The first kappa shape index (κ1) is 11.7. The topological polar surface area (TPSA) is 76.7 Å². The van der Waals surface area contributed by atoms with E-state index in [1.54, 1.807) is 6.20 Å². The molecular formula is C14H14N4O. The molecule has 0 aliphatic carbocycles. The molecule has 0 saturated heterocycles. The summed E-state index contributed by atoms with van der Waals surface area (Å²) in [5.41, 5.74) is 8.69. The molecule has 0 saturated carbocycles. The van der Waals surface area contributed by atoms with E-state index in [4.69, 9.17) is 5.73 Å². The van der Waals surface area contributed by atoms with Crippen LogP contribution in [0, 0.1) is 6.92 Å². The van der Waals surface area contributed by atoms with Gasteiger partial charge in [0.05, 0.1) is 5.69 Å². The lowest BCUT2D eigenvalue weighted by Gasteiger charge is -2.05. The third-order valence-corrected chi connectivity index (χ3v) is 3.09. The molecular weight excluding hydrogens is 240 g/mol. The second-order valence-electron chi connectivity index (χ2n) is 4.52. The molecule has 0 fully saturated rings. The van der Waals surface area contributed by atoms with E-state index < -0.39 is 0 Å². The quantitative estimate of drug-likeness (QED) is 0.727. The summed E-state index contributed by atoms with van der Waals surface area (Å²) in [6.45, 7) is 2.43. The minimum absolute atomic E-state index is 0.296. The van der Waals surface area contributed by atoms with Gasteiger partial charge in [-0.3, -0.25) is 4.57 Å². The molecule has 0 radical (unpaired) electrons. The van der Waals surface area contributed by atoms with Crippen molar-refractivity contribution in [2.75, 3.05) is 0 Å². The smallest absolute Gasteiger partial charge is 0.343 e. The maximum Gasteiger partial charge on any atom is 0.354 e. The van der Waals surface area contributed by atoms with E-state index in [2.05, 4.69) is 9.97 Å². The van der Waals surface area contributed by atoms with Crippen LogP contribution in [0.1, 0.15) is 11.3 Å². The minimum atomic E-state index is -0.296. The fraction of sp³-hybridized carbons (Fsp3) is 0.143. The Morgan fingerprint density at radius 1 is 1.32 bits per heavy atom. The lowest BCUT2D eigenvalue weighted by molar-refractivity contribution is 0.931. The highest BCUT2D eigenvalue weighted by atomic mass is 16.1. The summed E-state index contributed by atoms with van der Waals surface area (Å²) in [4.78, 5) is 19.1. The van der Waals surface area contributed by atoms with E-state index in [0.29, 0.717) is 12.2 Å². The molecule has 5 heteroatoms. The van der Waals surface area contributed by atoms with Crippen molar-refractivity contribution in [3.8, 4) is 5.69 Å². The Morgan fingerprint density at radius 3 is 2.74 bits per heavy atom. The average Bonchev–Trinajstić information content (AvgIpc) is 2.77. The van der Waals surface area contributed by atoms with Crippen molar-refractivity contribution >= 4 is 11.0 Å². The summed E-state index contributed by atoms with van der Waals surface area (Å²) in [6, 6.07) is 9.53. The van der Waals surface area contributed by atoms with Gasteiger partial charge in [-0.2, -0.15) is 4.98 Å². The summed E-state index contributed by atoms with van der Waals surface area (Å²) < 4.78 is 1.54. The van der Waals surface area contributed by atoms with Crippen LogP contribution in [0.2, 0.25) is 0 Å². The standard InChI is InChI=1S/C14H14N4O/c1-9-6-11-8-18(14(19)17-13(11)16-9)12-4-2-10(7-15)3-5-12/h2-6,8H,7,15H2,1H3,(H,16,17,19). The number of benzene rings is 1. The molecule has 1 aromatic carbocycles. The first-order chi connectivity index (χ1) is 9.17. The first-order valence-corrected chi connectivity index (χ1v) is 6.06. The van der Waals surface area contributed by atoms with Crippen LogP contribution in [-0.4, -0.2) is 14.5 Å². The van der Waals surface area contributed by atoms with Crippen LogP contribution in [0.5, 0.6) is 0 Å². The van der Waals surface area contributed by atoms with Crippen molar-refractivity contribution in [3.63, 3.8) is 0 Å². The molecule has 19 heavy (non-hydrogen) atoms. The van der Waals surface area contributed by atoms with E-state index in [1.165, 1.54) is 4.57 Å². The largest absolute Gasteiger partial charge is 0.354 e. The molecule has 2 heterocycles. The molecule has 2 aromatic heterocycles. The normalized spacial score (nSPS) is 11.1. The average molecular weight is 254 g/mol. The summed E-state index contributed by atoms with van der Waals surface area (Å²) in [5, 5.41) is 0.917. The van der Waals surface area contributed by atoms with Gasteiger partial charge >= 0.3 is 5.69 Å². The Morgan fingerprint density at radius 2 is 2.05 bits per heavy atom. The second kappa shape index (κ2) is 4.37. The van der Waals surface area contributed by atoms with Crippen molar-refractivity contribution < 1.29 is 0 Å². The number of aromatic nitrogens is 3. The van der Waals surface area contributed by atoms with Crippen LogP contribution in [0.3, 0.4) is 0 Å². The number of nitrogens with one attached hydrogen (secondary N) is 1. The summed E-state index contributed by atoms with van der Waals surface area (Å²) in [5.74, 6) is 0. The molecule has 3 rings (SSSR count). The molecule has 3 aromatic rings. The van der Waals surface area contributed by atoms with Gasteiger partial charge in [0.1, 0.15) is 5.65 Å². The van der Waals surface area contributed by atoms with Gasteiger partial charge in [-0.15, -0.1) is 0 Å². The SMILES string of the molecule is Cc1cc2cn(-c3ccc(CN)cc3)c(=O)nc2[nH]1. The van der Waals surface area contributed by atoms with Crippen molar-refractivity contribution in [2.45, 2.75) is 13.5 Å². The van der Waals surface area contributed by atoms with Gasteiger partial charge in [0.2, 0.25) is 0 Å². The third kappa shape index (κ3) is 2.04. The Kier molecular flexibility index (Phi) is 2.68. The molecule has 0 unspecified atom stereocenters. The summed E-state index contributed by atoms with van der Waals surface area (Å²) in [6.07, 6.45) is 1.80. The highest BCUT2D eigenvalue weighted by Crippen LogP contribution is 2.13. The number of aromatic amines is 1. The molecule has 5 nitrogen and oxygen atoms in total. The zero-order valence-corrected chi connectivity index (χ0v) is 10.6. The first-order valence-electron chi connectivity index (χ1n) is 6.06. The van der Waals surface area contributed by atoms with E-state index in [-0.39, 0.29) is 5.69 Å². The molecule has 0 amide bonds. The van der Waals surface area contributed by atoms with E-state index in [9.17, 15) is 4.79 Å². The van der Waals surface area contributed by atoms with Crippen LogP contribution < -0.4 is 11.4 Å². The fourth-order valence-electron chi connectivity index (χ4n) is 2.11. The maximum atomic E-state index is 12.0. The number of nitrogens with zero attached hydrogens (tertiary/aromatic N) is 2. The van der Waals surface area contributed by atoms with Gasteiger partial charge in [-0.05, 0) is 30.7 Å². The van der Waals surface area contributed by atoms with Gasteiger partial charge in [-0.25, -0.2) is 4.79 Å². The van der Waals surface area contributed by atoms with Gasteiger partial charge in [-0.1, -0.05) is 12.1 Å².